The second-order valence-corrected chi connectivity index (χ2v) is 8.71. The van der Waals surface area contributed by atoms with Gasteiger partial charge in [-0.3, -0.25) is 4.79 Å². The maximum absolute atomic E-state index is 12.1. The number of aromatic nitrogens is 1. The lowest BCUT2D eigenvalue weighted by molar-refractivity contribution is -0.116. The van der Waals surface area contributed by atoms with E-state index in [-0.39, 0.29) is 18.9 Å². The van der Waals surface area contributed by atoms with Crippen molar-refractivity contribution in [2.45, 2.75) is 13.3 Å². The summed E-state index contributed by atoms with van der Waals surface area (Å²) in [6.45, 7) is 2.48. The number of rotatable bonds is 9. The molecule has 29 heavy (non-hydrogen) atoms. The summed E-state index contributed by atoms with van der Waals surface area (Å²) in [6, 6.07) is 14.6. The summed E-state index contributed by atoms with van der Waals surface area (Å²) in [5, 5.41) is 4.25. The molecule has 2 N–H and O–H groups in total. The van der Waals surface area contributed by atoms with E-state index in [0.29, 0.717) is 11.7 Å². The third-order valence-electron chi connectivity index (χ3n) is 3.81. The number of carbonyl (C=O) groups is 1. The van der Waals surface area contributed by atoms with Crippen molar-refractivity contribution in [2.75, 3.05) is 18.5 Å². The molecule has 0 aliphatic carbocycles. The Bertz CT molecular complexity index is 1110. The number of sulfonamides is 1. The Morgan fingerprint density at radius 1 is 1.21 bits per heavy atom. The fourth-order valence-electron chi connectivity index (χ4n) is 2.48. The minimum atomic E-state index is -3.62. The van der Waals surface area contributed by atoms with Crippen LogP contribution in [-0.4, -0.2) is 32.5 Å². The van der Waals surface area contributed by atoms with Gasteiger partial charge < -0.3 is 10.1 Å². The Morgan fingerprint density at radius 2 is 2.00 bits per heavy atom. The van der Waals surface area contributed by atoms with E-state index in [2.05, 4.69) is 15.0 Å². The average molecular weight is 432 g/mol. The highest BCUT2D eigenvalue weighted by Crippen LogP contribution is 2.29. The van der Waals surface area contributed by atoms with Crippen molar-refractivity contribution in [1.29, 1.82) is 0 Å². The van der Waals surface area contributed by atoms with Gasteiger partial charge in [0.05, 0.1) is 16.8 Å². The molecule has 0 unspecified atom stereocenters. The molecule has 0 radical (unpaired) electrons. The number of fused-ring (bicyclic) bond motifs is 1. The van der Waals surface area contributed by atoms with Crippen LogP contribution in [0.15, 0.2) is 53.9 Å². The van der Waals surface area contributed by atoms with E-state index in [1.165, 1.54) is 17.4 Å². The van der Waals surface area contributed by atoms with Crippen LogP contribution in [0.3, 0.4) is 0 Å². The molecule has 3 aromatic rings. The fourth-order valence-corrected chi connectivity index (χ4v) is 4.21. The number of carbonyl (C=O) groups excluding carboxylic acids is 1. The van der Waals surface area contributed by atoms with Gasteiger partial charge in [0.2, 0.25) is 15.9 Å². The zero-order valence-corrected chi connectivity index (χ0v) is 17.4. The van der Waals surface area contributed by atoms with Gasteiger partial charge in [0.15, 0.2) is 5.13 Å². The van der Waals surface area contributed by atoms with Crippen LogP contribution in [0.1, 0.15) is 18.9 Å². The Kier molecular flexibility index (Phi) is 6.97. The number of hydrogen-bond acceptors (Lipinski definition) is 6. The number of anilines is 1. The van der Waals surface area contributed by atoms with Crippen LogP contribution in [0.2, 0.25) is 0 Å². The van der Waals surface area contributed by atoms with E-state index in [1.807, 2.05) is 43.3 Å². The molecule has 7 nitrogen and oxygen atoms in total. The first-order chi connectivity index (χ1) is 13.9. The number of nitrogens with zero attached hydrogens (tertiary/aromatic N) is 1. The Hall–Kier alpha value is -2.75. The lowest BCUT2D eigenvalue weighted by Crippen LogP contribution is -2.26. The van der Waals surface area contributed by atoms with Crippen molar-refractivity contribution in [3.63, 3.8) is 0 Å². The van der Waals surface area contributed by atoms with Crippen LogP contribution in [0.25, 0.3) is 16.3 Å². The predicted octanol–water partition coefficient (Wildman–Crippen LogP) is 3.61. The number of ether oxygens (including phenoxy) is 1. The van der Waals surface area contributed by atoms with Crippen molar-refractivity contribution in [3.8, 4) is 5.75 Å². The first-order valence-electron chi connectivity index (χ1n) is 9.01. The Morgan fingerprint density at radius 3 is 2.76 bits per heavy atom. The van der Waals surface area contributed by atoms with Crippen LogP contribution in [0.4, 0.5) is 5.13 Å². The number of hydrogen-bond donors (Lipinski definition) is 2. The molecule has 2 aromatic carbocycles. The molecule has 9 heteroatoms. The topological polar surface area (TPSA) is 97.4 Å². The molecular weight excluding hydrogens is 410 g/mol. The number of amides is 1. The number of thiazole rings is 1. The quantitative estimate of drug-likeness (QED) is 0.539. The second kappa shape index (κ2) is 9.64. The first kappa shape index (κ1) is 21.0. The second-order valence-electron chi connectivity index (χ2n) is 6.03. The molecule has 152 valence electrons. The number of benzene rings is 2. The normalized spacial score (nSPS) is 11.8. The van der Waals surface area contributed by atoms with E-state index in [0.717, 1.165) is 26.9 Å². The standard InChI is InChI=1S/C20H21N3O4S2/c1-2-27-16-8-9-17-18(14-16)28-20(22-17)23-19(24)10-12-21-29(25,26)13-11-15-6-4-3-5-7-15/h3-9,11,13-14,21H,2,10,12H2,1H3,(H,22,23,24)/b13-11+. The van der Waals surface area contributed by atoms with E-state index in [1.54, 1.807) is 12.1 Å². The Balaban J connectivity index is 1.50. The monoisotopic (exact) mass is 431 g/mol. The molecule has 1 heterocycles. The molecule has 0 aliphatic heterocycles. The van der Waals surface area contributed by atoms with Crippen molar-refractivity contribution in [1.82, 2.24) is 9.71 Å². The average Bonchev–Trinajstić information content (AvgIpc) is 3.09. The van der Waals surface area contributed by atoms with Gasteiger partial charge in [-0.05, 0) is 36.8 Å². The van der Waals surface area contributed by atoms with E-state index < -0.39 is 10.0 Å². The molecule has 0 atom stereocenters. The van der Waals surface area contributed by atoms with Gasteiger partial charge in [-0.25, -0.2) is 18.1 Å². The highest BCUT2D eigenvalue weighted by molar-refractivity contribution is 7.92. The molecule has 1 amide bonds. The van der Waals surface area contributed by atoms with Crippen molar-refractivity contribution < 1.29 is 17.9 Å². The van der Waals surface area contributed by atoms with Gasteiger partial charge in [0, 0.05) is 18.4 Å². The molecular formula is C20H21N3O4S2. The molecule has 0 fully saturated rings. The lowest BCUT2D eigenvalue weighted by atomic mass is 10.2. The summed E-state index contributed by atoms with van der Waals surface area (Å²) in [5.41, 5.74) is 1.54. The molecule has 0 saturated heterocycles. The predicted molar refractivity (Wildman–Crippen MR) is 116 cm³/mol. The van der Waals surface area contributed by atoms with Gasteiger partial charge in [-0.1, -0.05) is 41.7 Å². The van der Waals surface area contributed by atoms with Crippen LogP contribution < -0.4 is 14.8 Å². The minimum Gasteiger partial charge on any atom is -0.494 e. The summed E-state index contributed by atoms with van der Waals surface area (Å²) >= 11 is 1.34. The van der Waals surface area contributed by atoms with Crippen LogP contribution in [-0.2, 0) is 14.8 Å². The summed E-state index contributed by atoms with van der Waals surface area (Å²) in [4.78, 5) is 16.5. The highest BCUT2D eigenvalue weighted by atomic mass is 32.2. The maximum Gasteiger partial charge on any atom is 0.233 e. The van der Waals surface area contributed by atoms with Crippen LogP contribution >= 0.6 is 11.3 Å². The highest BCUT2D eigenvalue weighted by Gasteiger charge is 2.10. The molecule has 3 rings (SSSR count). The SMILES string of the molecule is CCOc1ccc2nc(NC(=O)CCNS(=O)(=O)/C=C/c3ccccc3)sc2c1. The van der Waals surface area contributed by atoms with Gasteiger partial charge in [-0.15, -0.1) is 0 Å². The molecule has 0 aliphatic rings. The summed E-state index contributed by atoms with van der Waals surface area (Å²) in [6.07, 6.45) is 1.50. The molecule has 0 bridgehead atoms. The molecule has 1 aromatic heterocycles. The van der Waals surface area contributed by atoms with Gasteiger partial charge in [0.25, 0.3) is 0 Å². The fraction of sp³-hybridized carbons (Fsp3) is 0.200. The number of nitrogens with one attached hydrogen (secondary N) is 2. The summed E-state index contributed by atoms with van der Waals surface area (Å²) < 4.78 is 32.7. The van der Waals surface area contributed by atoms with Crippen LogP contribution in [0.5, 0.6) is 5.75 Å². The van der Waals surface area contributed by atoms with E-state index >= 15 is 0 Å². The summed E-state index contributed by atoms with van der Waals surface area (Å²) in [5.74, 6) is 0.434. The zero-order chi connectivity index (χ0) is 20.7. The van der Waals surface area contributed by atoms with E-state index in [4.69, 9.17) is 4.74 Å². The van der Waals surface area contributed by atoms with Crippen molar-refractivity contribution in [3.05, 3.63) is 59.5 Å². The van der Waals surface area contributed by atoms with Gasteiger partial charge in [-0.2, -0.15) is 0 Å². The Labute approximate surface area is 173 Å². The van der Waals surface area contributed by atoms with Crippen LogP contribution in [0, 0.1) is 0 Å². The third-order valence-corrected chi connectivity index (χ3v) is 5.85. The summed E-state index contributed by atoms with van der Waals surface area (Å²) in [7, 11) is -3.62. The van der Waals surface area contributed by atoms with Gasteiger partial charge >= 0.3 is 0 Å². The van der Waals surface area contributed by atoms with Crippen molar-refractivity contribution >= 4 is 48.7 Å². The van der Waals surface area contributed by atoms with E-state index in [9.17, 15) is 13.2 Å². The zero-order valence-electron chi connectivity index (χ0n) is 15.8. The smallest absolute Gasteiger partial charge is 0.233 e. The molecule has 0 spiro atoms. The van der Waals surface area contributed by atoms with Crippen molar-refractivity contribution in [2.24, 2.45) is 0 Å². The minimum absolute atomic E-state index is 0.00146. The maximum atomic E-state index is 12.1. The molecule has 0 saturated carbocycles. The first-order valence-corrected chi connectivity index (χ1v) is 11.4. The largest absolute Gasteiger partial charge is 0.494 e. The van der Waals surface area contributed by atoms with Gasteiger partial charge in [0.1, 0.15) is 5.75 Å². The lowest BCUT2D eigenvalue weighted by Gasteiger charge is -2.03. The third kappa shape index (κ3) is 6.38.